The number of hydrogen-bond donors (Lipinski definition) is 0. The first-order valence-corrected chi connectivity index (χ1v) is 10.8. The molecule has 2 aromatic carbocycles. The van der Waals surface area contributed by atoms with Crippen molar-refractivity contribution >= 4 is 22.6 Å². The number of aryl methyl sites for hydroxylation is 1. The lowest BCUT2D eigenvalue weighted by Gasteiger charge is -2.25. The fraction of sp³-hybridized carbons (Fsp3) is 0.292. The molecule has 0 aromatic heterocycles. The number of anilines is 1. The zero-order valence-electron chi connectivity index (χ0n) is 18.3. The molecule has 5 nitrogen and oxygen atoms in total. The average Bonchev–Trinajstić information content (AvgIpc) is 2.69. The Hall–Kier alpha value is -2.86. The monoisotopic (exact) mass is 427 g/mol. The van der Waals surface area contributed by atoms with Gasteiger partial charge in [-0.15, -0.1) is 0 Å². The molecule has 2 aromatic rings. The van der Waals surface area contributed by atoms with Crippen LogP contribution in [0.25, 0.3) is 0 Å². The molecule has 6 heteroatoms. The summed E-state index contributed by atoms with van der Waals surface area (Å²) in [4.78, 5) is 14.9. The standard InChI is InChI=1S/C24H29NO4S/c1-18-7-13-22(14-8-18)30(27)16-15-19(2)17-25(23(26)29-24(3,4)5)20-9-11-21(28-6)12-10-20/h7-17H,1-6H3/b16-15+,19-17+/t30-/m1/s1. The first-order valence-electron chi connectivity index (χ1n) is 9.59. The fourth-order valence-corrected chi connectivity index (χ4v) is 3.35. The summed E-state index contributed by atoms with van der Waals surface area (Å²) < 4.78 is 23.2. The summed E-state index contributed by atoms with van der Waals surface area (Å²) in [7, 11) is 0.312. The van der Waals surface area contributed by atoms with Gasteiger partial charge in [0.25, 0.3) is 0 Å². The smallest absolute Gasteiger partial charge is 0.418 e. The first-order chi connectivity index (χ1) is 14.1. The fourth-order valence-electron chi connectivity index (χ4n) is 2.45. The second kappa shape index (κ2) is 10.3. The number of carbonyl (C=O) groups is 1. The van der Waals surface area contributed by atoms with Crippen molar-refractivity contribution in [2.75, 3.05) is 12.0 Å². The number of benzene rings is 2. The van der Waals surface area contributed by atoms with Crippen LogP contribution in [0.15, 0.2) is 76.7 Å². The summed E-state index contributed by atoms with van der Waals surface area (Å²) in [5.41, 5.74) is 1.87. The van der Waals surface area contributed by atoms with Crippen molar-refractivity contribution < 1.29 is 18.5 Å². The van der Waals surface area contributed by atoms with Crippen molar-refractivity contribution in [1.29, 1.82) is 0 Å². The van der Waals surface area contributed by atoms with Crippen LogP contribution in [0.3, 0.4) is 0 Å². The van der Waals surface area contributed by atoms with E-state index in [2.05, 4.69) is 0 Å². The number of carbonyl (C=O) groups excluding carboxylic acids is 1. The zero-order valence-corrected chi connectivity index (χ0v) is 19.2. The highest BCUT2D eigenvalue weighted by atomic mass is 32.2. The molecule has 0 heterocycles. The van der Waals surface area contributed by atoms with Gasteiger partial charge in [0.15, 0.2) is 0 Å². The van der Waals surface area contributed by atoms with Gasteiger partial charge >= 0.3 is 6.09 Å². The summed E-state index contributed by atoms with van der Waals surface area (Å²) in [6.45, 7) is 9.28. The van der Waals surface area contributed by atoms with Gasteiger partial charge in [-0.1, -0.05) is 17.7 Å². The zero-order chi connectivity index (χ0) is 22.3. The minimum atomic E-state index is -1.28. The summed E-state index contributed by atoms with van der Waals surface area (Å²) >= 11 is 0. The van der Waals surface area contributed by atoms with Crippen molar-refractivity contribution in [3.8, 4) is 5.75 Å². The maximum Gasteiger partial charge on any atom is 0.418 e. The lowest BCUT2D eigenvalue weighted by molar-refractivity contribution is 0.0596. The molecule has 0 radical (unpaired) electrons. The number of nitrogens with zero attached hydrogens (tertiary/aromatic N) is 1. The molecule has 0 bridgehead atoms. The largest absolute Gasteiger partial charge is 0.497 e. The molecule has 0 spiro atoms. The molecule has 0 saturated heterocycles. The van der Waals surface area contributed by atoms with E-state index in [0.717, 1.165) is 16.0 Å². The van der Waals surface area contributed by atoms with E-state index >= 15 is 0 Å². The maximum absolute atomic E-state index is 12.8. The second-order valence-corrected chi connectivity index (χ2v) is 9.17. The van der Waals surface area contributed by atoms with Gasteiger partial charge in [0.05, 0.1) is 23.6 Å². The third-order valence-corrected chi connectivity index (χ3v) is 5.10. The van der Waals surface area contributed by atoms with Gasteiger partial charge in [-0.05, 0) is 82.7 Å². The Labute approximate surface area is 181 Å². The average molecular weight is 428 g/mol. The lowest BCUT2D eigenvalue weighted by atomic mass is 10.2. The van der Waals surface area contributed by atoms with Gasteiger partial charge in [-0.25, -0.2) is 9.00 Å². The van der Waals surface area contributed by atoms with Crippen molar-refractivity contribution in [1.82, 2.24) is 0 Å². The third kappa shape index (κ3) is 7.19. The molecule has 30 heavy (non-hydrogen) atoms. The number of rotatable bonds is 6. The SMILES string of the molecule is COc1ccc(N(/C=C(C)/C=C/[S@@](=O)c2ccc(C)cc2)C(=O)OC(C)(C)C)cc1. The number of methoxy groups -OCH3 is 1. The normalized spacial score (nSPS) is 13.2. The summed E-state index contributed by atoms with van der Waals surface area (Å²) in [6.07, 6.45) is 2.90. The van der Waals surface area contributed by atoms with Gasteiger partial charge < -0.3 is 9.47 Å². The van der Waals surface area contributed by atoms with E-state index in [0.29, 0.717) is 11.4 Å². The molecule has 0 N–H and O–H groups in total. The molecule has 0 aliphatic heterocycles. The molecule has 0 fully saturated rings. The molecule has 0 aliphatic carbocycles. The Bertz CT molecular complexity index is 939. The topological polar surface area (TPSA) is 55.8 Å². The van der Waals surface area contributed by atoms with Crippen LogP contribution >= 0.6 is 0 Å². The van der Waals surface area contributed by atoms with Crippen LogP contribution < -0.4 is 9.64 Å². The van der Waals surface area contributed by atoms with Gasteiger partial charge in [0, 0.05) is 16.5 Å². The van der Waals surface area contributed by atoms with E-state index < -0.39 is 22.5 Å². The quantitative estimate of drug-likeness (QED) is 0.533. The number of amides is 1. The van der Waals surface area contributed by atoms with E-state index in [4.69, 9.17) is 9.47 Å². The van der Waals surface area contributed by atoms with Gasteiger partial charge in [-0.3, -0.25) is 4.90 Å². The molecule has 160 valence electrons. The summed E-state index contributed by atoms with van der Waals surface area (Å²) in [5.74, 6) is 0.692. The highest BCUT2D eigenvalue weighted by molar-refractivity contribution is 7.88. The Morgan fingerprint density at radius 2 is 1.63 bits per heavy atom. The minimum absolute atomic E-state index is 0.500. The number of hydrogen-bond acceptors (Lipinski definition) is 4. The van der Waals surface area contributed by atoms with Crippen molar-refractivity contribution in [3.63, 3.8) is 0 Å². The van der Waals surface area contributed by atoms with Crippen LogP contribution in [0, 0.1) is 6.92 Å². The number of ether oxygens (including phenoxy) is 2. The molecule has 0 aliphatic rings. The van der Waals surface area contributed by atoms with Crippen LogP contribution in [-0.4, -0.2) is 23.0 Å². The molecular weight excluding hydrogens is 398 g/mol. The second-order valence-electron chi connectivity index (χ2n) is 7.83. The molecule has 0 saturated carbocycles. The molecule has 0 unspecified atom stereocenters. The molecular formula is C24H29NO4S. The maximum atomic E-state index is 12.8. The third-order valence-electron chi connectivity index (χ3n) is 3.98. The van der Waals surface area contributed by atoms with Crippen LogP contribution in [0.2, 0.25) is 0 Å². The van der Waals surface area contributed by atoms with Crippen molar-refractivity contribution in [2.24, 2.45) is 0 Å². The molecule has 1 amide bonds. The molecule has 2 rings (SSSR count). The van der Waals surface area contributed by atoms with E-state index in [9.17, 15) is 9.00 Å². The van der Waals surface area contributed by atoms with Crippen LogP contribution in [0.5, 0.6) is 5.75 Å². The predicted molar refractivity (Wildman–Crippen MR) is 122 cm³/mol. The van der Waals surface area contributed by atoms with Crippen LogP contribution in [0.1, 0.15) is 33.3 Å². The Morgan fingerprint density at radius 1 is 1.03 bits per heavy atom. The van der Waals surface area contributed by atoms with Gasteiger partial charge in [0.2, 0.25) is 0 Å². The Morgan fingerprint density at radius 3 is 2.17 bits per heavy atom. The minimum Gasteiger partial charge on any atom is -0.497 e. The number of allylic oxidation sites excluding steroid dienone is 2. The highest BCUT2D eigenvalue weighted by Crippen LogP contribution is 2.23. The van der Waals surface area contributed by atoms with Crippen molar-refractivity contribution in [3.05, 3.63) is 77.4 Å². The highest BCUT2D eigenvalue weighted by Gasteiger charge is 2.22. The van der Waals surface area contributed by atoms with E-state index in [1.807, 2.05) is 58.9 Å². The predicted octanol–water partition coefficient (Wildman–Crippen LogP) is 5.97. The van der Waals surface area contributed by atoms with E-state index in [-0.39, 0.29) is 0 Å². The summed E-state index contributed by atoms with van der Waals surface area (Å²) in [6, 6.07) is 14.7. The van der Waals surface area contributed by atoms with Crippen molar-refractivity contribution in [2.45, 2.75) is 45.1 Å². The van der Waals surface area contributed by atoms with Gasteiger partial charge in [0.1, 0.15) is 11.4 Å². The van der Waals surface area contributed by atoms with Crippen LogP contribution in [0.4, 0.5) is 10.5 Å². The molecule has 1 atom stereocenters. The Balaban J connectivity index is 2.27. The summed E-state index contributed by atoms with van der Waals surface area (Å²) in [5, 5.41) is 1.61. The van der Waals surface area contributed by atoms with E-state index in [1.165, 1.54) is 4.90 Å². The first kappa shape index (κ1) is 23.4. The lowest BCUT2D eigenvalue weighted by Crippen LogP contribution is -2.33. The van der Waals surface area contributed by atoms with Crippen LogP contribution in [-0.2, 0) is 15.5 Å². The van der Waals surface area contributed by atoms with Gasteiger partial charge in [-0.2, -0.15) is 0 Å². The van der Waals surface area contributed by atoms with E-state index in [1.54, 1.807) is 49.1 Å². The Kier molecular flexibility index (Phi) is 8.00.